The topological polar surface area (TPSA) is 51.4 Å². The van der Waals surface area contributed by atoms with E-state index in [-0.39, 0.29) is 0 Å². The molecular weight excluding hydrogens is 250 g/mol. The molecule has 106 valence electrons. The number of hydrogen-bond acceptors (Lipinski definition) is 4. The van der Waals surface area contributed by atoms with Crippen molar-refractivity contribution < 1.29 is 4.74 Å². The average Bonchev–Trinajstić information content (AvgIpc) is 2.49. The van der Waals surface area contributed by atoms with Crippen LogP contribution in [0.5, 0.6) is 0 Å². The number of anilines is 2. The van der Waals surface area contributed by atoms with Gasteiger partial charge in [-0.05, 0) is 44.0 Å². The highest BCUT2D eigenvalue weighted by molar-refractivity contribution is 5.98. The summed E-state index contributed by atoms with van der Waals surface area (Å²) in [5, 5.41) is 1.14. The molecule has 0 unspecified atom stereocenters. The van der Waals surface area contributed by atoms with Gasteiger partial charge in [0.05, 0.1) is 17.3 Å². The Hall–Kier alpha value is -1.81. The fourth-order valence-electron chi connectivity index (χ4n) is 2.95. The van der Waals surface area contributed by atoms with Crippen LogP contribution in [0.2, 0.25) is 0 Å². The lowest BCUT2D eigenvalue weighted by atomic mass is 10.0. The summed E-state index contributed by atoms with van der Waals surface area (Å²) in [6.07, 6.45) is 4.37. The molecule has 1 saturated heterocycles. The first kappa shape index (κ1) is 13.2. The second kappa shape index (κ2) is 5.67. The summed E-state index contributed by atoms with van der Waals surface area (Å²) in [5.41, 5.74) is 8.89. The molecule has 1 aliphatic heterocycles. The van der Waals surface area contributed by atoms with E-state index in [0.29, 0.717) is 6.10 Å². The number of nitrogens with two attached hydrogens (primary N) is 1. The molecule has 0 radical (unpaired) electrons. The number of nitrogen functional groups attached to an aromatic ring is 1. The summed E-state index contributed by atoms with van der Waals surface area (Å²) < 4.78 is 5.71. The van der Waals surface area contributed by atoms with Gasteiger partial charge in [-0.15, -0.1) is 0 Å². The third-order valence-corrected chi connectivity index (χ3v) is 3.96. The summed E-state index contributed by atoms with van der Waals surface area (Å²) in [7, 11) is 0. The van der Waals surface area contributed by atoms with Crippen molar-refractivity contribution >= 4 is 22.3 Å². The standard InChI is InChI=1S/C16H21N3O/c1-2-20-12-7-10-19(11-8-12)15-6-5-14(17)16-13(15)4-3-9-18-16/h3-6,9,12H,2,7-8,10-11,17H2,1H3. The van der Waals surface area contributed by atoms with Gasteiger partial charge in [-0.2, -0.15) is 0 Å². The SMILES string of the molecule is CCOC1CCN(c2ccc(N)c3ncccc23)CC1. The third kappa shape index (κ3) is 2.43. The molecule has 0 atom stereocenters. The number of hydrogen-bond donors (Lipinski definition) is 1. The Kier molecular flexibility index (Phi) is 3.74. The number of piperidine rings is 1. The van der Waals surface area contributed by atoms with E-state index in [4.69, 9.17) is 10.5 Å². The van der Waals surface area contributed by atoms with Gasteiger partial charge in [0.1, 0.15) is 0 Å². The van der Waals surface area contributed by atoms with Gasteiger partial charge < -0.3 is 15.4 Å². The van der Waals surface area contributed by atoms with E-state index >= 15 is 0 Å². The van der Waals surface area contributed by atoms with Crippen LogP contribution >= 0.6 is 0 Å². The fourth-order valence-corrected chi connectivity index (χ4v) is 2.95. The Morgan fingerprint density at radius 3 is 2.85 bits per heavy atom. The molecule has 2 N–H and O–H groups in total. The second-order valence-corrected chi connectivity index (χ2v) is 5.22. The van der Waals surface area contributed by atoms with Gasteiger partial charge in [-0.25, -0.2) is 0 Å². The van der Waals surface area contributed by atoms with E-state index in [0.717, 1.165) is 49.1 Å². The van der Waals surface area contributed by atoms with Gasteiger partial charge >= 0.3 is 0 Å². The summed E-state index contributed by atoms with van der Waals surface area (Å²) in [6.45, 7) is 4.92. The Balaban J connectivity index is 1.87. The van der Waals surface area contributed by atoms with Crippen LogP contribution in [0.4, 0.5) is 11.4 Å². The van der Waals surface area contributed by atoms with Gasteiger partial charge in [-0.3, -0.25) is 4.98 Å². The number of nitrogens with zero attached hydrogens (tertiary/aromatic N) is 2. The predicted octanol–water partition coefficient (Wildman–Crippen LogP) is 2.82. The smallest absolute Gasteiger partial charge is 0.0951 e. The number of fused-ring (bicyclic) bond motifs is 1. The maximum atomic E-state index is 6.02. The van der Waals surface area contributed by atoms with Crippen molar-refractivity contribution in [2.45, 2.75) is 25.9 Å². The van der Waals surface area contributed by atoms with E-state index in [9.17, 15) is 0 Å². The van der Waals surface area contributed by atoms with Gasteiger partial charge in [0.25, 0.3) is 0 Å². The van der Waals surface area contributed by atoms with Gasteiger partial charge in [0.2, 0.25) is 0 Å². The largest absolute Gasteiger partial charge is 0.397 e. The molecule has 3 rings (SSSR count). The molecule has 0 aliphatic carbocycles. The molecule has 0 saturated carbocycles. The molecule has 4 nitrogen and oxygen atoms in total. The Labute approximate surface area is 119 Å². The molecule has 0 amide bonds. The minimum Gasteiger partial charge on any atom is -0.397 e. The lowest BCUT2D eigenvalue weighted by Crippen LogP contribution is -2.37. The van der Waals surface area contributed by atoms with Crippen molar-refractivity contribution in [3.63, 3.8) is 0 Å². The van der Waals surface area contributed by atoms with Crippen LogP contribution in [0.1, 0.15) is 19.8 Å². The highest BCUT2D eigenvalue weighted by Crippen LogP contribution is 2.31. The van der Waals surface area contributed by atoms with E-state index in [1.165, 1.54) is 5.69 Å². The quantitative estimate of drug-likeness (QED) is 0.872. The number of rotatable bonds is 3. The molecule has 1 aliphatic rings. The summed E-state index contributed by atoms with van der Waals surface area (Å²) in [4.78, 5) is 6.82. The second-order valence-electron chi connectivity index (χ2n) is 5.22. The van der Waals surface area contributed by atoms with Crippen LogP contribution < -0.4 is 10.6 Å². The molecule has 20 heavy (non-hydrogen) atoms. The Morgan fingerprint density at radius 2 is 2.10 bits per heavy atom. The number of aromatic nitrogens is 1. The van der Waals surface area contributed by atoms with Crippen molar-refractivity contribution in [3.8, 4) is 0 Å². The maximum absolute atomic E-state index is 6.02. The molecule has 1 aromatic heterocycles. The molecule has 2 heterocycles. The summed E-state index contributed by atoms with van der Waals surface area (Å²) >= 11 is 0. The lowest BCUT2D eigenvalue weighted by Gasteiger charge is -2.34. The van der Waals surface area contributed by atoms with E-state index in [2.05, 4.69) is 28.9 Å². The highest BCUT2D eigenvalue weighted by atomic mass is 16.5. The number of ether oxygens (including phenoxy) is 1. The first-order valence-electron chi connectivity index (χ1n) is 7.29. The number of benzene rings is 1. The molecular formula is C16H21N3O. The van der Waals surface area contributed by atoms with Crippen molar-refractivity contribution in [1.29, 1.82) is 0 Å². The van der Waals surface area contributed by atoms with Crippen LogP contribution in [0, 0.1) is 0 Å². The van der Waals surface area contributed by atoms with E-state index < -0.39 is 0 Å². The van der Waals surface area contributed by atoms with Crippen LogP contribution in [0.3, 0.4) is 0 Å². The van der Waals surface area contributed by atoms with Crippen LogP contribution in [-0.4, -0.2) is 30.8 Å². The maximum Gasteiger partial charge on any atom is 0.0951 e. The minimum atomic E-state index is 0.412. The zero-order valence-electron chi connectivity index (χ0n) is 11.9. The molecule has 2 aromatic rings. The zero-order valence-corrected chi connectivity index (χ0v) is 11.9. The zero-order chi connectivity index (χ0) is 13.9. The molecule has 4 heteroatoms. The predicted molar refractivity (Wildman–Crippen MR) is 83.0 cm³/mol. The van der Waals surface area contributed by atoms with Gasteiger partial charge in [0, 0.05) is 37.0 Å². The van der Waals surface area contributed by atoms with Crippen molar-refractivity contribution in [2.75, 3.05) is 30.3 Å². The van der Waals surface area contributed by atoms with Crippen LogP contribution in [0.25, 0.3) is 10.9 Å². The normalized spacial score (nSPS) is 16.8. The first-order chi connectivity index (χ1) is 9.79. The van der Waals surface area contributed by atoms with E-state index in [1.54, 1.807) is 6.20 Å². The first-order valence-corrected chi connectivity index (χ1v) is 7.29. The van der Waals surface area contributed by atoms with Gasteiger partial charge in [0.15, 0.2) is 0 Å². The Morgan fingerprint density at radius 1 is 1.30 bits per heavy atom. The lowest BCUT2D eigenvalue weighted by molar-refractivity contribution is 0.0459. The van der Waals surface area contributed by atoms with E-state index in [1.807, 2.05) is 12.1 Å². The van der Waals surface area contributed by atoms with Crippen molar-refractivity contribution in [2.24, 2.45) is 0 Å². The van der Waals surface area contributed by atoms with Crippen molar-refractivity contribution in [1.82, 2.24) is 4.98 Å². The van der Waals surface area contributed by atoms with Crippen LogP contribution in [0.15, 0.2) is 30.5 Å². The minimum absolute atomic E-state index is 0.412. The molecule has 1 aromatic carbocycles. The summed E-state index contributed by atoms with van der Waals surface area (Å²) in [5.74, 6) is 0. The average molecular weight is 271 g/mol. The highest BCUT2D eigenvalue weighted by Gasteiger charge is 2.21. The van der Waals surface area contributed by atoms with Crippen LogP contribution in [-0.2, 0) is 4.74 Å². The Bertz CT molecular complexity index is 591. The third-order valence-electron chi connectivity index (χ3n) is 3.96. The molecule has 0 spiro atoms. The molecule has 1 fully saturated rings. The van der Waals surface area contributed by atoms with Gasteiger partial charge in [-0.1, -0.05) is 0 Å². The van der Waals surface area contributed by atoms with Crippen molar-refractivity contribution in [3.05, 3.63) is 30.5 Å². The summed E-state index contributed by atoms with van der Waals surface area (Å²) in [6, 6.07) is 8.14. The monoisotopic (exact) mass is 271 g/mol. The molecule has 0 bridgehead atoms. The number of pyridine rings is 1. The fraction of sp³-hybridized carbons (Fsp3) is 0.438.